The fraction of sp³-hybridized carbons (Fsp3) is 0.290. The molecule has 4 amide bonds. The van der Waals surface area contributed by atoms with E-state index in [1.165, 1.54) is 4.90 Å². The number of carbonyl (C=O) groups is 4. The average molecular weight is 546 g/mol. The van der Waals surface area contributed by atoms with Crippen LogP contribution in [0.1, 0.15) is 58.0 Å². The lowest BCUT2D eigenvalue weighted by Gasteiger charge is -2.32. The number of fused-ring (bicyclic) bond motifs is 1. The zero-order valence-corrected chi connectivity index (χ0v) is 22.7. The summed E-state index contributed by atoms with van der Waals surface area (Å²) in [7, 11) is 0. The SMILES string of the molecule is CCCNC(=O)C(Cc1ccccc1)N(Cc1cccc(Cl)c1)C(=O)CCCN1C(=O)c2ccccc2C1=O. The van der Waals surface area contributed by atoms with Crippen molar-refractivity contribution in [2.45, 2.75) is 45.2 Å². The minimum Gasteiger partial charge on any atom is -0.354 e. The van der Waals surface area contributed by atoms with Crippen LogP contribution in [-0.2, 0) is 22.6 Å². The van der Waals surface area contributed by atoms with Crippen molar-refractivity contribution in [1.82, 2.24) is 15.1 Å². The predicted molar refractivity (Wildman–Crippen MR) is 150 cm³/mol. The van der Waals surface area contributed by atoms with Crippen molar-refractivity contribution in [2.24, 2.45) is 0 Å². The summed E-state index contributed by atoms with van der Waals surface area (Å²) in [6.45, 7) is 2.79. The normalized spacial score (nSPS) is 13.2. The van der Waals surface area contributed by atoms with Crippen LogP contribution in [0, 0.1) is 0 Å². The van der Waals surface area contributed by atoms with Crippen LogP contribution >= 0.6 is 11.6 Å². The molecule has 1 unspecified atom stereocenters. The van der Waals surface area contributed by atoms with E-state index in [2.05, 4.69) is 5.32 Å². The first-order valence-corrected chi connectivity index (χ1v) is 13.6. The lowest BCUT2D eigenvalue weighted by Crippen LogP contribution is -2.50. The van der Waals surface area contributed by atoms with Crippen molar-refractivity contribution in [3.63, 3.8) is 0 Å². The molecule has 7 nitrogen and oxygen atoms in total. The molecular weight excluding hydrogens is 514 g/mol. The standard InChI is InChI=1S/C31H32ClN3O4/c1-2-17-33-29(37)27(20-22-10-4-3-5-11-22)35(21-23-12-8-13-24(32)19-23)28(36)16-9-18-34-30(38)25-14-6-7-15-26(25)31(34)39/h3-8,10-15,19,27H,2,9,16-18,20-21H2,1H3,(H,33,37). The van der Waals surface area contributed by atoms with Gasteiger partial charge < -0.3 is 10.2 Å². The molecule has 3 aromatic rings. The molecule has 202 valence electrons. The van der Waals surface area contributed by atoms with Crippen LogP contribution in [0.4, 0.5) is 0 Å². The minimum absolute atomic E-state index is 0.0698. The van der Waals surface area contributed by atoms with Gasteiger partial charge in [-0.15, -0.1) is 0 Å². The summed E-state index contributed by atoms with van der Waals surface area (Å²) in [5.41, 5.74) is 2.50. The van der Waals surface area contributed by atoms with Crippen LogP contribution in [0.2, 0.25) is 5.02 Å². The molecular formula is C31H32ClN3O4. The molecule has 1 atom stereocenters. The van der Waals surface area contributed by atoms with Gasteiger partial charge in [-0.05, 0) is 48.2 Å². The van der Waals surface area contributed by atoms with E-state index in [0.717, 1.165) is 17.5 Å². The highest BCUT2D eigenvalue weighted by molar-refractivity contribution is 6.30. The predicted octanol–water partition coefficient (Wildman–Crippen LogP) is 4.88. The molecule has 0 aliphatic carbocycles. The molecule has 1 aliphatic rings. The molecule has 3 aromatic carbocycles. The number of rotatable bonds is 12. The molecule has 0 bridgehead atoms. The van der Waals surface area contributed by atoms with E-state index in [1.54, 1.807) is 41.3 Å². The van der Waals surface area contributed by atoms with Gasteiger partial charge in [0.2, 0.25) is 11.8 Å². The topological polar surface area (TPSA) is 86.8 Å². The largest absolute Gasteiger partial charge is 0.354 e. The van der Waals surface area contributed by atoms with E-state index in [-0.39, 0.29) is 49.6 Å². The molecule has 1 N–H and O–H groups in total. The zero-order chi connectivity index (χ0) is 27.8. The van der Waals surface area contributed by atoms with Crippen molar-refractivity contribution >= 4 is 35.2 Å². The smallest absolute Gasteiger partial charge is 0.261 e. The van der Waals surface area contributed by atoms with Crippen molar-refractivity contribution in [2.75, 3.05) is 13.1 Å². The monoisotopic (exact) mass is 545 g/mol. The summed E-state index contributed by atoms with van der Waals surface area (Å²) in [6, 6.07) is 22.8. The quantitative estimate of drug-likeness (QED) is 0.329. The van der Waals surface area contributed by atoms with Gasteiger partial charge in [0.05, 0.1) is 11.1 Å². The van der Waals surface area contributed by atoms with Crippen LogP contribution < -0.4 is 5.32 Å². The summed E-state index contributed by atoms with van der Waals surface area (Å²) in [5, 5.41) is 3.49. The van der Waals surface area contributed by atoms with Crippen LogP contribution in [0.25, 0.3) is 0 Å². The minimum atomic E-state index is -0.746. The third kappa shape index (κ3) is 6.92. The second-order valence-corrected chi connectivity index (χ2v) is 10.00. The fourth-order valence-electron chi connectivity index (χ4n) is 4.73. The van der Waals surface area contributed by atoms with E-state index in [1.807, 2.05) is 49.4 Å². The summed E-state index contributed by atoms with van der Waals surface area (Å²) in [4.78, 5) is 55.3. The van der Waals surface area contributed by atoms with Gasteiger partial charge in [0.25, 0.3) is 11.8 Å². The Hall–Kier alpha value is -3.97. The Balaban J connectivity index is 1.53. The average Bonchev–Trinajstić information content (AvgIpc) is 3.19. The van der Waals surface area contributed by atoms with Crippen LogP contribution in [0.5, 0.6) is 0 Å². The van der Waals surface area contributed by atoms with E-state index >= 15 is 0 Å². The molecule has 0 saturated heterocycles. The molecule has 4 rings (SSSR count). The molecule has 0 spiro atoms. The maximum atomic E-state index is 13.7. The number of nitrogens with one attached hydrogen (secondary N) is 1. The first-order valence-electron chi connectivity index (χ1n) is 13.2. The van der Waals surface area contributed by atoms with Gasteiger partial charge in [-0.1, -0.05) is 73.1 Å². The number of amides is 4. The first-order chi connectivity index (χ1) is 18.9. The molecule has 0 fully saturated rings. The number of carbonyl (C=O) groups excluding carboxylic acids is 4. The third-order valence-electron chi connectivity index (χ3n) is 6.71. The zero-order valence-electron chi connectivity index (χ0n) is 21.9. The van der Waals surface area contributed by atoms with E-state index in [0.29, 0.717) is 29.1 Å². The van der Waals surface area contributed by atoms with Crippen molar-refractivity contribution in [1.29, 1.82) is 0 Å². The Bertz CT molecular complexity index is 1310. The lowest BCUT2D eigenvalue weighted by atomic mass is 10.0. The van der Waals surface area contributed by atoms with E-state index in [9.17, 15) is 19.2 Å². The van der Waals surface area contributed by atoms with Gasteiger partial charge >= 0.3 is 0 Å². The van der Waals surface area contributed by atoms with Gasteiger partial charge in [0.15, 0.2) is 0 Å². The number of hydrogen-bond donors (Lipinski definition) is 1. The second kappa shape index (κ2) is 13.2. The Kier molecular flexibility index (Phi) is 9.49. The molecule has 39 heavy (non-hydrogen) atoms. The summed E-state index contributed by atoms with van der Waals surface area (Å²) in [5.74, 6) is -1.16. The Morgan fingerprint density at radius 2 is 1.54 bits per heavy atom. The summed E-state index contributed by atoms with van der Waals surface area (Å²) >= 11 is 6.22. The number of imide groups is 1. The fourth-order valence-corrected chi connectivity index (χ4v) is 4.94. The van der Waals surface area contributed by atoms with Gasteiger partial charge in [0, 0.05) is 37.5 Å². The summed E-state index contributed by atoms with van der Waals surface area (Å²) < 4.78 is 0. The van der Waals surface area contributed by atoms with Gasteiger partial charge in [0.1, 0.15) is 6.04 Å². The van der Waals surface area contributed by atoms with Gasteiger partial charge in [-0.3, -0.25) is 24.1 Å². The van der Waals surface area contributed by atoms with Crippen LogP contribution in [0.15, 0.2) is 78.9 Å². The van der Waals surface area contributed by atoms with Crippen LogP contribution in [-0.4, -0.2) is 52.6 Å². The molecule has 8 heteroatoms. The molecule has 0 aromatic heterocycles. The number of hydrogen-bond acceptors (Lipinski definition) is 4. The number of nitrogens with zero attached hydrogens (tertiary/aromatic N) is 2. The number of halogens is 1. The Morgan fingerprint density at radius 1 is 0.897 bits per heavy atom. The molecule has 1 heterocycles. The Labute approximate surface area is 233 Å². The van der Waals surface area contributed by atoms with Crippen molar-refractivity contribution in [3.8, 4) is 0 Å². The molecule has 1 aliphatic heterocycles. The van der Waals surface area contributed by atoms with Gasteiger partial charge in [-0.25, -0.2) is 0 Å². The number of benzene rings is 3. The van der Waals surface area contributed by atoms with Gasteiger partial charge in [-0.2, -0.15) is 0 Å². The van der Waals surface area contributed by atoms with Crippen molar-refractivity contribution in [3.05, 3.63) is 106 Å². The lowest BCUT2D eigenvalue weighted by molar-refractivity contribution is -0.141. The maximum Gasteiger partial charge on any atom is 0.261 e. The van der Waals surface area contributed by atoms with Crippen molar-refractivity contribution < 1.29 is 19.2 Å². The second-order valence-electron chi connectivity index (χ2n) is 9.56. The molecule has 0 saturated carbocycles. The Morgan fingerprint density at radius 3 is 2.18 bits per heavy atom. The maximum absolute atomic E-state index is 13.7. The highest BCUT2D eigenvalue weighted by atomic mass is 35.5. The van der Waals surface area contributed by atoms with Crippen LogP contribution in [0.3, 0.4) is 0 Å². The van der Waals surface area contributed by atoms with E-state index < -0.39 is 6.04 Å². The highest BCUT2D eigenvalue weighted by Gasteiger charge is 2.35. The highest BCUT2D eigenvalue weighted by Crippen LogP contribution is 2.23. The first kappa shape index (κ1) is 28.0. The summed E-state index contributed by atoms with van der Waals surface area (Å²) in [6.07, 6.45) is 1.47. The molecule has 0 radical (unpaired) electrons. The van der Waals surface area contributed by atoms with E-state index in [4.69, 9.17) is 11.6 Å². The third-order valence-corrected chi connectivity index (χ3v) is 6.95.